The maximum absolute atomic E-state index is 12.5. The molecule has 132 valence electrons. The lowest BCUT2D eigenvalue weighted by Gasteiger charge is -2.32. The van der Waals surface area contributed by atoms with Gasteiger partial charge in [0.05, 0.1) is 6.26 Å². The molecule has 0 spiro atoms. The lowest BCUT2D eigenvalue weighted by molar-refractivity contribution is -0.132. The number of rotatable bonds is 6. The van der Waals surface area contributed by atoms with Crippen molar-refractivity contribution in [3.05, 3.63) is 35.9 Å². The molecule has 1 saturated heterocycles. The van der Waals surface area contributed by atoms with Gasteiger partial charge in [-0.25, -0.2) is 12.7 Å². The van der Waals surface area contributed by atoms with Gasteiger partial charge in [0.25, 0.3) is 0 Å². The predicted octanol–water partition coefficient (Wildman–Crippen LogP) is 1.39. The summed E-state index contributed by atoms with van der Waals surface area (Å²) < 4.78 is 23.9. The molecule has 1 atom stereocenters. The molecular formula is C17H24N2O4S. The summed E-state index contributed by atoms with van der Waals surface area (Å²) >= 11 is 0. The number of piperidine rings is 1. The minimum Gasteiger partial charge on any atom is -0.342 e. The number of hydrogen-bond acceptors (Lipinski definition) is 4. The van der Waals surface area contributed by atoms with Crippen LogP contribution in [0.1, 0.15) is 29.6 Å². The van der Waals surface area contributed by atoms with Gasteiger partial charge in [0.1, 0.15) is 0 Å². The molecule has 1 fully saturated rings. The highest BCUT2D eigenvalue weighted by atomic mass is 32.2. The number of hydrogen-bond donors (Lipinski definition) is 0. The topological polar surface area (TPSA) is 74.8 Å². The molecule has 6 nitrogen and oxygen atoms in total. The van der Waals surface area contributed by atoms with E-state index in [9.17, 15) is 18.0 Å². The number of nitrogens with zero attached hydrogens (tertiary/aromatic N) is 2. The van der Waals surface area contributed by atoms with Gasteiger partial charge in [-0.1, -0.05) is 30.3 Å². The third-order valence-electron chi connectivity index (χ3n) is 4.41. The third kappa shape index (κ3) is 4.88. The normalized spacial score (nSPS) is 18.6. The van der Waals surface area contributed by atoms with Crippen molar-refractivity contribution in [2.24, 2.45) is 5.92 Å². The molecule has 1 aliphatic rings. The fourth-order valence-corrected chi connectivity index (χ4v) is 3.26. The Kier molecular flexibility index (Phi) is 6.12. The lowest BCUT2D eigenvalue weighted by Crippen LogP contribution is -2.43. The van der Waals surface area contributed by atoms with Gasteiger partial charge in [-0.3, -0.25) is 9.59 Å². The second-order valence-electron chi connectivity index (χ2n) is 6.24. The van der Waals surface area contributed by atoms with E-state index in [0.717, 1.165) is 19.1 Å². The first-order chi connectivity index (χ1) is 11.3. The lowest BCUT2D eigenvalue weighted by atomic mass is 9.90. The minimum absolute atomic E-state index is 0.0707. The van der Waals surface area contributed by atoms with Gasteiger partial charge in [-0.15, -0.1) is 0 Å². The van der Waals surface area contributed by atoms with Crippen LogP contribution in [0, 0.1) is 5.92 Å². The third-order valence-corrected chi connectivity index (χ3v) is 5.72. The van der Waals surface area contributed by atoms with Crippen LogP contribution in [-0.4, -0.2) is 62.3 Å². The van der Waals surface area contributed by atoms with Crippen LogP contribution in [-0.2, 0) is 14.8 Å². The number of carbonyl (C=O) groups is 2. The van der Waals surface area contributed by atoms with Crippen molar-refractivity contribution in [3.8, 4) is 0 Å². The number of benzene rings is 1. The van der Waals surface area contributed by atoms with Crippen molar-refractivity contribution < 1.29 is 18.0 Å². The fourth-order valence-electron chi connectivity index (χ4n) is 2.83. The number of ketones is 1. The van der Waals surface area contributed by atoms with E-state index in [1.165, 1.54) is 11.4 Å². The van der Waals surface area contributed by atoms with E-state index in [0.29, 0.717) is 18.7 Å². The zero-order valence-electron chi connectivity index (χ0n) is 14.1. The summed E-state index contributed by atoms with van der Waals surface area (Å²) in [5.74, 6) is -0.213. The van der Waals surface area contributed by atoms with E-state index < -0.39 is 10.0 Å². The largest absolute Gasteiger partial charge is 0.342 e. The van der Waals surface area contributed by atoms with Crippen LogP contribution >= 0.6 is 0 Å². The Balaban J connectivity index is 1.93. The van der Waals surface area contributed by atoms with Gasteiger partial charge in [0, 0.05) is 44.6 Å². The van der Waals surface area contributed by atoms with Crippen LogP contribution in [0.3, 0.4) is 0 Å². The number of Topliss-reactive ketones (excluding diaryl/α,β-unsaturated/α-hetero) is 1. The zero-order chi connectivity index (χ0) is 17.7. The Hall–Kier alpha value is -1.73. The Bertz CT molecular complexity index is 688. The van der Waals surface area contributed by atoms with Gasteiger partial charge in [0.15, 0.2) is 5.78 Å². The molecule has 0 radical (unpaired) electrons. The molecule has 24 heavy (non-hydrogen) atoms. The first kappa shape index (κ1) is 18.6. The molecule has 1 heterocycles. The Morgan fingerprint density at radius 1 is 1.25 bits per heavy atom. The summed E-state index contributed by atoms with van der Waals surface area (Å²) in [5.41, 5.74) is 0.675. The van der Waals surface area contributed by atoms with Crippen LogP contribution < -0.4 is 0 Å². The molecule has 0 bridgehead atoms. The fraction of sp³-hybridized carbons (Fsp3) is 0.529. The van der Waals surface area contributed by atoms with Crippen molar-refractivity contribution in [1.29, 1.82) is 0 Å². The number of sulfonamides is 1. The Morgan fingerprint density at radius 3 is 2.54 bits per heavy atom. The van der Waals surface area contributed by atoms with Crippen LogP contribution in [0.15, 0.2) is 30.3 Å². The molecular weight excluding hydrogens is 328 g/mol. The number of amides is 1. The number of carbonyl (C=O) groups excluding carboxylic acids is 2. The smallest absolute Gasteiger partial charge is 0.223 e. The monoisotopic (exact) mass is 352 g/mol. The second-order valence-corrected chi connectivity index (χ2v) is 8.33. The van der Waals surface area contributed by atoms with Gasteiger partial charge in [0.2, 0.25) is 15.9 Å². The highest BCUT2D eigenvalue weighted by Gasteiger charge is 2.29. The summed E-state index contributed by atoms with van der Waals surface area (Å²) in [6.07, 6.45) is 2.82. The maximum Gasteiger partial charge on any atom is 0.223 e. The van der Waals surface area contributed by atoms with Gasteiger partial charge >= 0.3 is 0 Å². The molecule has 1 aromatic carbocycles. The van der Waals surface area contributed by atoms with Crippen LogP contribution in [0.25, 0.3) is 0 Å². The van der Waals surface area contributed by atoms with E-state index in [2.05, 4.69) is 0 Å². The molecule has 1 aromatic rings. The van der Waals surface area contributed by atoms with Crippen molar-refractivity contribution in [3.63, 3.8) is 0 Å². The number of likely N-dealkylation sites (tertiary alicyclic amines) is 1. The molecule has 1 amide bonds. The summed E-state index contributed by atoms with van der Waals surface area (Å²) in [6, 6.07) is 9.13. The standard InChI is InChI=1S/C17H24N2O4S/c1-18(24(2,22)23)12-10-16(20)19-11-6-9-15(13-19)17(21)14-7-4-3-5-8-14/h3-5,7-8,15H,6,9-13H2,1-2H3. The van der Waals surface area contributed by atoms with E-state index in [1.807, 2.05) is 18.2 Å². The maximum atomic E-state index is 12.5. The summed E-state index contributed by atoms with van der Waals surface area (Å²) in [5, 5.41) is 0. The molecule has 0 aliphatic carbocycles. The summed E-state index contributed by atoms with van der Waals surface area (Å²) in [4.78, 5) is 26.6. The molecule has 7 heteroatoms. The molecule has 2 rings (SSSR count). The quantitative estimate of drug-likeness (QED) is 0.725. The zero-order valence-corrected chi connectivity index (χ0v) is 15.0. The van der Waals surface area contributed by atoms with Gasteiger partial charge in [-0.05, 0) is 12.8 Å². The SMILES string of the molecule is CN(CCC(=O)N1CCCC(C(=O)c2ccccc2)C1)S(C)(=O)=O. The molecule has 1 unspecified atom stereocenters. The second kappa shape index (κ2) is 7.90. The highest BCUT2D eigenvalue weighted by Crippen LogP contribution is 2.21. The average Bonchev–Trinajstić information content (AvgIpc) is 2.58. The van der Waals surface area contributed by atoms with Crippen molar-refractivity contribution in [1.82, 2.24) is 9.21 Å². The van der Waals surface area contributed by atoms with Crippen LogP contribution in [0.2, 0.25) is 0 Å². The Labute approximate surface area is 143 Å². The van der Waals surface area contributed by atoms with Crippen molar-refractivity contribution in [2.45, 2.75) is 19.3 Å². The van der Waals surface area contributed by atoms with Crippen molar-refractivity contribution >= 4 is 21.7 Å². The van der Waals surface area contributed by atoms with E-state index >= 15 is 0 Å². The predicted molar refractivity (Wildman–Crippen MR) is 92.2 cm³/mol. The van der Waals surface area contributed by atoms with Gasteiger partial charge < -0.3 is 4.90 Å². The van der Waals surface area contributed by atoms with Crippen LogP contribution in [0.5, 0.6) is 0 Å². The Morgan fingerprint density at radius 2 is 1.92 bits per heavy atom. The molecule has 0 saturated carbocycles. The molecule has 1 aliphatic heterocycles. The molecule has 0 aromatic heterocycles. The summed E-state index contributed by atoms with van der Waals surface area (Å²) in [6.45, 7) is 1.20. The van der Waals surface area contributed by atoms with Crippen molar-refractivity contribution in [2.75, 3.05) is 32.9 Å². The van der Waals surface area contributed by atoms with Crippen LogP contribution in [0.4, 0.5) is 0 Å². The first-order valence-electron chi connectivity index (χ1n) is 8.07. The minimum atomic E-state index is -3.28. The van der Waals surface area contributed by atoms with E-state index in [-0.39, 0.29) is 30.6 Å². The van der Waals surface area contributed by atoms with E-state index in [4.69, 9.17) is 0 Å². The average molecular weight is 352 g/mol. The highest BCUT2D eigenvalue weighted by molar-refractivity contribution is 7.88. The first-order valence-corrected chi connectivity index (χ1v) is 9.92. The molecule has 0 N–H and O–H groups in total. The van der Waals surface area contributed by atoms with E-state index in [1.54, 1.807) is 17.0 Å². The van der Waals surface area contributed by atoms with Gasteiger partial charge in [-0.2, -0.15) is 0 Å². The summed E-state index contributed by atoms with van der Waals surface area (Å²) in [7, 11) is -1.82.